The van der Waals surface area contributed by atoms with Crippen LogP contribution in [0.3, 0.4) is 0 Å². The predicted molar refractivity (Wildman–Crippen MR) is 132 cm³/mol. The van der Waals surface area contributed by atoms with Crippen LogP contribution >= 0.6 is 0 Å². The van der Waals surface area contributed by atoms with Crippen molar-refractivity contribution >= 4 is 17.5 Å². The van der Waals surface area contributed by atoms with E-state index in [1.54, 1.807) is 14.2 Å². The molecule has 1 N–H and O–H groups in total. The molecule has 0 atom stereocenters. The number of benzene rings is 1. The third kappa shape index (κ3) is 7.61. The molecule has 33 heavy (non-hydrogen) atoms. The maximum absolute atomic E-state index is 9.50. The molecule has 1 heterocycles. The van der Waals surface area contributed by atoms with E-state index in [1.165, 1.54) is 0 Å². The molecule has 1 aliphatic heterocycles. The summed E-state index contributed by atoms with van der Waals surface area (Å²) in [6.45, 7) is 6.92. The fourth-order valence-electron chi connectivity index (χ4n) is 3.47. The quantitative estimate of drug-likeness (QED) is 0.505. The molecule has 1 aromatic rings. The number of aliphatic imine (C=N–C) groups is 1. The molecule has 1 aliphatic rings. The molecular weight excluding hydrogens is 414 g/mol. The van der Waals surface area contributed by atoms with Crippen molar-refractivity contribution in [2.24, 2.45) is 4.99 Å². The number of hydrogen-bond acceptors (Lipinski definition) is 7. The second kappa shape index (κ2) is 13.9. The first-order valence-electron chi connectivity index (χ1n) is 11.2. The van der Waals surface area contributed by atoms with Crippen LogP contribution in [0.25, 0.3) is 6.08 Å². The molecule has 0 saturated carbocycles. The highest BCUT2D eigenvalue weighted by atomic mass is 16.5. The largest absolute Gasteiger partial charge is 0.383 e. The van der Waals surface area contributed by atoms with Crippen molar-refractivity contribution < 1.29 is 9.47 Å². The van der Waals surface area contributed by atoms with Crippen LogP contribution in [0, 0.1) is 22.7 Å². The highest BCUT2D eigenvalue weighted by molar-refractivity contribution is 6.11. The molecule has 7 nitrogen and oxygen atoms in total. The van der Waals surface area contributed by atoms with Gasteiger partial charge in [0.15, 0.2) is 11.4 Å². The minimum atomic E-state index is 0.102. The van der Waals surface area contributed by atoms with Crippen LogP contribution in [0.15, 0.2) is 58.0 Å². The summed E-state index contributed by atoms with van der Waals surface area (Å²) in [5.41, 5.74) is 5.00. The zero-order valence-electron chi connectivity index (χ0n) is 20.0. The topological polar surface area (TPSA) is 93.7 Å². The number of methoxy groups -OCH3 is 2. The Morgan fingerprint density at radius 1 is 1.03 bits per heavy atom. The highest BCUT2D eigenvalue weighted by Gasteiger charge is 2.17. The van der Waals surface area contributed by atoms with E-state index < -0.39 is 0 Å². The van der Waals surface area contributed by atoms with Crippen LogP contribution in [0.4, 0.5) is 5.69 Å². The van der Waals surface area contributed by atoms with E-state index in [-0.39, 0.29) is 11.4 Å². The van der Waals surface area contributed by atoms with Gasteiger partial charge in [0.1, 0.15) is 12.1 Å². The SMILES string of the molecule is CCCCC1=C(C)NC(C#N)=C(C#N)N=C1/C=C/c1ccc(N(CCOC)CCOC)cc1. The van der Waals surface area contributed by atoms with Crippen LogP contribution < -0.4 is 10.2 Å². The highest BCUT2D eigenvalue weighted by Crippen LogP contribution is 2.22. The van der Waals surface area contributed by atoms with Crippen molar-refractivity contribution in [3.63, 3.8) is 0 Å². The Labute approximate surface area is 197 Å². The average Bonchev–Trinajstić information content (AvgIpc) is 2.97. The van der Waals surface area contributed by atoms with Crippen LogP contribution in [-0.2, 0) is 9.47 Å². The van der Waals surface area contributed by atoms with Gasteiger partial charge in [0.2, 0.25) is 0 Å². The number of unbranched alkanes of at least 4 members (excludes halogenated alkanes) is 1. The fraction of sp³-hybridized carbons (Fsp3) is 0.423. The molecule has 0 bridgehead atoms. The zero-order chi connectivity index (χ0) is 24.1. The lowest BCUT2D eigenvalue weighted by molar-refractivity contribution is 0.190. The number of nitriles is 2. The minimum Gasteiger partial charge on any atom is -0.383 e. The van der Waals surface area contributed by atoms with E-state index in [9.17, 15) is 10.5 Å². The molecule has 0 aromatic heterocycles. The summed E-state index contributed by atoms with van der Waals surface area (Å²) < 4.78 is 10.5. The maximum atomic E-state index is 9.50. The predicted octanol–water partition coefficient (Wildman–Crippen LogP) is 4.57. The van der Waals surface area contributed by atoms with E-state index in [1.807, 2.05) is 25.1 Å². The summed E-state index contributed by atoms with van der Waals surface area (Å²) in [5.74, 6) is 0. The van der Waals surface area contributed by atoms with Crippen LogP contribution in [0.1, 0.15) is 38.7 Å². The lowest BCUT2D eigenvalue weighted by atomic mass is 10.0. The molecule has 0 saturated heterocycles. The fourth-order valence-corrected chi connectivity index (χ4v) is 3.47. The number of nitrogens with one attached hydrogen (secondary N) is 1. The van der Waals surface area contributed by atoms with Crippen molar-refractivity contribution in [3.05, 3.63) is 58.6 Å². The third-order valence-electron chi connectivity index (χ3n) is 5.36. The van der Waals surface area contributed by atoms with Gasteiger partial charge in [-0.25, -0.2) is 4.99 Å². The van der Waals surface area contributed by atoms with Gasteiger partial charge in [-0.15, -0.1) is 0 Å². The molecular formula is C26H33N5O2. The summed E-state index contributed by atoms with van der Waals surface area (Å²) >= 11 is 0. The maximum Gasteiger partial charge on any atom is 0.175 e. The van der Waals surface area contributed by atoms with Crippen molar-refractivity contribution in [1.29, 1.82) is 10.5 Å². The lowest BCUT2D eigenvalue weighted by Gasteiger charge is -2.24. The van der Waals surface area contributed by atoms with E-state index in [2.05, 4.69) is 52.5 Å². The molecule has 0 amide bonds. The summed E-state index contributed by atoms with van der Waals surface area (Å²) in [6.07, 6.45) is 6.78. The van der Waals surface area contributed by atoms with Crippen LogP contribution in [0.5, 0.6) is 0 Å². The van der Waals surface area contributed by atoms with Crippen molar-refractivity contribution in [2.75, 3.05) is 45.4 Å². The second-order valence-corrected chi connectivity index (χ2v) is 7.67. The van der Waals surface area contributed by atoms with E-state index >= 15 is 0 Å². The summed E-state index contributed by atoms with van der Waals surface area (Å²) in [5, 5.41) is 22.0. The number of ether oxygens (including phenoxy) is 2. The molecule has 0 aliphatic carbocycles. The van der Waals surface area contributed by atoms with Gasteiger partial charge in [-0.05, 0) is 49.1 Å². The monoisotopic (exact) mass is 447 g/mol. The zero-order valence-corrected chi connectivity index (χ0v) is 20.0. The molecule has 0 spiro atoms. The number of allylic oxidation sites excluding steroid dienone is 5. The van der Waals surface area contributed by atoms with Crippen molar-refractivity contribution in [1.82, 2.24) is 5.32 Å². The van der Waals surface area contributed by atoms with Gasteiger partial charge in [-0.1, -0.05) is 31.6 Å². The number of hydrogen-bond donors (Lipinski definition) is 1. The van der Waals surface area contributed by atoms with Crippen LogP contribution in [0.2, 0.25) is 0 Å². The Morgan fingerprint density at radius 3 is 2.24 bits per heavy atom. The van der Waals surface area contributed by atoms with Gasteiger partial charge in [0, 0.05) is 38.7 Å². The first-order chi connectivity index (χ1) is 16.1. The first-order valence-corrected chi connectivity index (χ1v) is 11.2. The van der Waals surface area contributed by atoms with Gasteiger partial charge in [0.25, 0.3) is 0 Å². The summed E-state index contributed by atoms with van der Waals surface area (Å²) in [4.78, 5) is 6.75. The summed E-state index contributed by atoms with van der Waals surface area (Å²) in [6, 6.07) is 12.4. The number of anilines is 1. The average molecular weight is 448 g/mol. The Morgan fingerprint density at radius 2 is 1.70 bits per heavy atom. The Kier molecular flexibility index (Phi) is 10.9. The molecule has 2 rings (SSSR count). The normalized spacial score (nSPS) is 13.9. The minimum absolute atomic E-state index is 0.102. The van der Waals surface area contributed by atoms with Gasteiger partial charge < -0.3 is 19.7 Å². The third-order valence-corrected chi connectivity index (χ3v) is 5.36. The van der Waals surface area contributed by atoms with Gasteiger partial charge in [0.05, 0.1) is 18.9 Å². The standard InChI is InChI=1S/C26H33N5O2/c1-5-6-7-23-20(2)29-25(18-27)26(19-28)30-24(23)13-10-21-8-11-22(12-9-21)31(14-16-32-3)15-17-33-4/h8-13,29H,5-7,14-17H2,1-4H3/b13-10+. The molecule has 1 aromatic carbocycles. The van der Waals surface area contributed by atoms with Crippen molar-refractivity contribution in [3.8, 4) is 12.1 Å². The van der Waals surface area contributed by atoms with E-state index in [0.29, 0.717) is 18.9 Å². The van der Waals surface area contributed by atoms with E-state index in [4.69, 9.17) is 9.47 Å². The van der Waals surface area contributed by atoms with Gasteiger partial charge in [-0.3, -0.25) is 0 Å². The Bertz CT molecular complexity index is 983. The first kappa shape index (κ1) is 25.9. The molecule has 0 radical (unpaired) electrons. The molecule has 174 valence electrons. The lowest BCUT2D eigenvalue weighted by Crippen LogP contribution is -2.30. The van der Waals surface area contributed by atoms with Crippen LogP contribution in [-0.4, -0.2) is 46.2 Å². The Balaban J connectivity index is 2.31. The second-order valence-electron chi connectivity index (χ2n) is 7.67. The molecule has 7 heteroatoms. The molecule has 0 fully saturated rings. The molecule has 0 unspecified atom stereocenters. The number of nitrogens with zero attached hydrogens (tertiary/aromatic N) is 4. The summed E-state index contributed by atoms with van der Waals surface area (Å²) in [7, 11) is 3.40. The van der Waals surface area contributed by atoms with E-state index in [0.717, 1.165) is 54.9 Å². The van der Waals surface area contributed by atoms with Gasteiger partial charge >= 0.3 is 0 Å². The number of rotatable bonds is 12. The van der Waals surface area contributed by atoms with Crippen molar-refractivity contribution in [2.45, 2.75) is 33.1 Å². The Hall–Kier alpha value is -3.39. The smallest absolute Gasteiger partial charge is 0.175 e. The van der Waals surface area contributed by atoms with Gasteiger partial charge in [-0.2, -0.15) is 10.5 Å².